The van der Waals surface area contributed by atoms with E-state index in [1.165, 1.54) is 22.6 Å². The fourth-order valence-electron chi connectivity index (χ4n) is 3.81. The van der Waals surface area contributed by atoms with Crippen LogP contribution in [0.4, 0.5) is 4.39 Å². The second kappa shape index (κ2) is 7.09. The van der Waals surface area contributed by atoms with E-state index in [1.54, 1.807) is 23.0 Å². The molecular formula is C18H22FN3O3S. The Morgan fingerprint density at radius 2 is 2.00 bits per heavy atom. The van der Waals surface area contributed by atoms with Gasteiger partial charge in [-0.05, 0) is 43.4 Å². The zero-order valence-corrected chi connectivity index (χ0v) is 15.2. The maximum Gasteiger partial charge on any atom is 0.246 e. The van der Waals surface area contributed by atoms with Crippen LogP contribution in [-0.2, 0) is 14.8 Å². The molecule has 140 valence electrons. The quantitative estimate of drug-likeness (QED) is 0.819. The number of aromatic nitrogens is 2. The minimum Gasteiger partial charge on any atom is -0.381 e. The van der Waals surface area contributed by atoms with Crippen LogP contribution in [0, 0.1) is 5.82 Å². The summed E-state index contributed by atoms with van der Waals surface area (Å²) in [6.07, 6.45) is 6.15. The van der Waals surface area contributed by atoms with Crippen molar-refractivity contribution in [1.29, 1.82) is 0 Å². The molecule has 26 heavy (non-hydrogen) atoms. The number of hydrogen-bond donors (Lipinski definition) is 0. The minimum atomic E-state index is -3.67. The zero-order valence-electron chi connectivity index (χ0n) is 14.4. The second-order valence-corrected chi connectivity index (χ2v) is 8.72. The average molecular weight is 379 g/mol. The fourth-order valence-corrected chi connectivity index (χ4v) is 5.44. The normalized spacial score (nSPS) is 22.7. The van der Waals surface area contributed by atoms with Crippen LogP contribution in [0.2, 0.25) is 0 Å². The van der Waals surface area contributed by atoms with Gasteiger partial charge in [-0.15, -0.1) is 0 Å². The number of halogens is 1. The van der Waals surface area contributed by atoms with Gasteiger partial charge in [-0.1, -0.05) is 12.1 Å². The maximum absolute atomic E-state index is 13.6. The van der Waals surface area contributed by atoms with E-state index in [1.807, 2.05) is 0 Å². The molecule has 0 N–H and O–H groups in total. The summed E-state index contributed by atoms with van der Waals surface area (Å²) < 4.78 is 48.5. The van der Waals surface area contributed by atoms with Crippen molar-refractivity contribution in [3.63, 3.8) is 0 Å². The molecular weight excluding hydrogens is 357 g/mol. The van der Waals surface area contributed by atoms with Gasteiger partial charge in [0, 0.05) is 26.0 Å². The number of rotatable bonds is 4. The standard InChI is InChI=1S/C18H22FN3O3S/c19-15-4-1-3-14(11-15)18-5-2-8-22(18)26(23,24)17-12-20-21(13-17)16-6-9-25-10-7-16/h1,3-4,11-13,16,18H,2,5-10H2/t18-/m1/s1. The molecule has 0 bridgehead atoms. The van der Waals surface area contributed by atoms with E-state index in [0.717, 1.165) is 19.3 Å². The van der Waals surface area contributed by atoms with Crippen molar-refractivity contribution in [2.24, 2.45) is 0 Å². The van der Waals surface area contributed by atoms with E-state index in [2.05, 4.69) is 5.10 Å². The van der Waals surface area contributed by atoms with Crippen LogP contribution in [0.15, 0.2) is 41.6 Å². The van der Waals surface area contributed by atoms with Crippen LogP contribution in [0.3, 0.4) is 0 Å². The van der Waals surface area contributed by atoms with E-state index >= 15 is 0 Å². The monoisotopic (exact) mass is 379 g/mol. The first-order chi connectivity index (χ1) is 12.6. The zero-order chi connectivity index (χ0) is 18.1. The molecule has 0 aliphatic carbocycles. The van der Waals surface area contributed by atoms with E-state index in [4.69, 9.17) is 4.74 Å². The first-order valence-electron chi connectivity index (χ1n) is 8.95. The summed E-state index contributed by atoms with van der Waals surface area (Å²) in [5.74, 6) is -0.348. The largest absolute Gasteiger partial charge is 0.381 e. The van der Waals surface area contributed by atoms with Gasteiger partial charge in [0.1, 0.15) is 10.7 Å². The van der Waals surface area contributed by atoms with Crippen LogP contribution in [0.5, 0.6) is 0 Å². The van der Waals surface area contributed by atoms with E-state index in [-0.39, 0.29) is 22.8 Å². The van der Waals surface area contributed by atoms with Crippen LogP contribution in [0.25, 0.3) is 0 Å². The Hall–Kier alpha value is -1.77. The maximum atomic E-state index is 13.6. The highest BCUT2D eigenvalue weighted by Crippen LogP contribution is 2.37. The van der Waals surface area contributed by atoms with Gasteiger partial charge in [0.25, 0.3) is 0 Å². The highest BCUT2D eigenvalue weighted by Gasteiger charge is 2.37. The Labute approximate surface area is 152 Å². The molecule has 1 aromatic carbocycles. The molecule has 1 aromatic heterocycles. The van der Waals surface area contributed by atoms with Crippen molar-refractivity contribution in [1.82, 2.24) is 14.1 Å². The third kappa shape index (κ3) is 3.28. The van der Waals surface area contributed by atoms with Crippen molar-refractivity contribution in [2.45, 2.75) is 42.7 Å². The highest BCUT2D eigenvalue weighted by molar-refractivity contribution is 7.89. The molecule has 0 unspecified atom stereocenters. The molecule has 8 heteroatoms. The summed E-state index contributed by atoms with van der Waals surface area (Å²) in [7, 11) is -3.67. The van der Waals surface area contributed by atoms with Crippen molar-refractivity contribution in [3.05, 3.63) is 48.0 Å². The Kier molecular flexibility index (Phi) is 4.81. The molecule has 2 saturated heterocycles. The molecule has 1 atom stereocenters. The number of benzene rings is 1. The SMILES string of the molecule is O=S(=O)(c1cnn(C2CCOCC2)c1)N1CCC[C@@H]1c1cccc(F)c1. The first-order valence-corrected chi connectivity index (χ1v) is 10.4. The lowest BCUT2D eigenvalue weighted by atomic mass is 10.1. The van der Waals surface area contributed by atoms with Crippen molar-refractivity contribution >= 4 is 10.0 Å². The topological polar surface area (TPSA) is 64.4 Å². The lowest BCUT2D eigenvalue weighted by Crippen LogP contribution is -2.30. The smallest absolute Gasteiger partial charge is 0.246 e. The molecule has 2 aliphatic rings. The second-order valence-electron chi connectivity index (χ2n) is 6.83. The molecule has 2 aliphatic heterocycles. The molecule has 4 rings (SSSR count). The van der Waals surface area contributed by atoms with Crippen molar-refractivity contribution in [2.75, 3.05) is 19.8 Å². The Morgan fingerprint density at radius 3 is 2.77 bits per heavy atom. The molecule has 2 fully saturated rings. The Balaban J connectivity index is 1.60. The summed E-state index contributed by atoms with van der Waals surface area (Å²) in [4.78, 5) is 0.201. The molecule has 6 nitrogen and oxygen atoms in total. The molecule has 0 amide bonds. The van der Waals surface area contributed by atoms with Gasteiger partial charge < -0.3 is 4.74 Å². The summed E-state index contributed by atoms with van der Waals surface area (Å²) >= 11 is 0. The van der Waals surface area contributed by atoms with Crippen LogP contribution >= 0.6 is 0 Å². The van der Waals surface area contributed by atoms with Crippen molar-refractivity contribution < 1.29 is 17.5 Å². The summed E-state index contributed by atoms with van der Waals surface area (Å²) in [5, 5.41) is 4.28. The highest BCUT2D eigenvalue weighted by atomic mass is 32.2. The molecule has 0 saturated carbocycles. The third-order valence-corrected chi connectivity index (χ3v) is 7.05. The lowest BCUT2D eigenvalue weighted by Gasteiger charge is -2.24. The third-order valence-electron chi connectivity index (χ3n) is 5.19. The summed E-state index contributed by atoms with van der Waals surface area (Å²) in [5.41, 5.74) is 0.697. The molecule has 3 heterocycles. The van der Waals surface area contributed by atoms with Gasteiger partial charge in [0.2, 0.25) is 10.0 Å². The summed E-state index contributed by atoms with van der Waals surface area (Å²) in [6.45, 7) is 1.77. The summed E-state index contributed by atoms with van der Waals surface area (Å²) in [6, 6.07) is 6.04. The fraction of sp³-hybridized carbons (Fsp3) is 0.500. The van der Waals surface area contributed by atoms with E-state index < -0.39 is 10.0 Å². The van der Waals surface area contributed by atoms with Gasteiger partial charge in [-0.2, -0.15) is 9.40 Å². The molecule has 0 spiro atoms. The minimum absolute atomic E-state index is 0.172. The predicted molar refractivity (Wildman–Crippen MR) is 93.6 cm³/mol. The van der Waals surface area contributed by atoms with Crippen LogP contribution in [-0.4, -0.2) is 42.3 Å². The van der Waals surface area contributed by atoms with Gasteiger partial charge in [0.05, 0.1) is 18.3 Å². The lowest BCUT2D eigenvalue weighted by molar-refractivity contribution is 0.0662. The van der Waals surface area contributed by atoms with Gasteiger partial charge >= 0.3 is 0 Å². The van der Waals surface area contributed by atoms with Crippen molar-refractivity contribution in [3.8, 4) is 0 Å². The number of hydrogen-bond acceptors (Lipinski definition) is 4. The number of sulfonamides is 1. The predicted octanol–water partition coefficient (Wildman–Crippen LogP) is 2.90. The van der Waals surface area contributed by atoms with Gasteiger partial charge in [0.15, 0.2) is 0 Å². The van der Waals surface area contributed by atoms with Gasteiger partial charge in [-0.25, -0.2) is 12.8 Å². The Morgan fingerprint density at radius 1 is 1.19 bits per heavy atom. The first kappa shape index (κ1) is 17.6. The van der Waals surface area contributed by atoms with Crippen LogP contribution < -0.4 is 0 Å². The van der Waals surface area contributed by atoms with Gasteiger partial charge in [-0.3, -0.25) is 4.68 Å². The number of ether oxygens (including phenoxy) is 1. The van der Waals surface area contributed by atoms with E-state index in [0.29, 0.717) is 31.7 Å². The Bertz CT molecular complexity index is 877. The number of nitrogens with zero attached hydrogens (tertiary/aromatic N) is 3. The van der Waals surface area contributed by atoms with E-state index in [9.17, 15) is 12.8 Å². The average Bonchev–Trinajstić information content (AvgIpc) is 3.33. The molecule has 2 aromatic rings. The van der Waals surface area contributed by atoms with Crippen LogP contribution in [0.1, 0.15) is 43.3 Å². The molecule has 0 radical (unpaired) electrons.